The molecular formula is C13H20N4O3S. The van der Waals surface area contributed by atoms with Gasteiger partial charge >= 0.3 is 0 Å². The van der Waals surface area contributed by atoms with Crippen LogP contribution in [-0.2, 0) is 10.0 Å². The maximum Gasteiger partial charge on any atom is 0.253 e. The Balaban J connectivity index is 2.24. The van der Waals surface area contributed by atoms with Crippen LogP contribution in [0.25, 0.3) is 0 Å². The molecule has 0 atom stereocenters. The van der Waals surface area contributed by atoms with Crippen LogP contribution in [-0.4, -0.2) is 58.1 Å². The zero-order valence-corrected chi connectivity index (χ0v) is 13.0. The minimum absolute atomic E-state index is 0.185. The van der Waals surface area contributed by atoms with Crippen molar-refractivity contribution in [3.63, 3.8) is 0 Å². The summed E-state index contributed by atoms with van der Waals surface area (Å²) in [4.78, 5) is 13.9. The predicted octanol–water partition coefficient (Wildman–Crippen LogP) is -0.290. The molecule has 0 bridgehead atoms. The summed E-state index contributed by atoms with van der Waals surface area (Å²) in [7, 11) is -1.59. The second-order valence-corrected chi connectivity index (χ2v) is 6.99. The quantitative estimate of drug-likeness (QED) is 0.748. The fraction of sp³-hybridized carbons (Fsp3) is 0.462. The van der Waals surface area contributed by atoms with Crippen LogP contribution in [0.2, 0.25) is 0 Å². The lowest BCUT2D eigenvalue weighted by Gasteiger charge is -2.35. The molecule has 3 N–H and O–H groups in total. The van der Waals surface area contributed by atoms with Crippen LogP contribution in [0.5, 0.6) is 0 Å². The third-order valence-electron chi connectivity index (χ3n) is 3.54. The molecule has 0 unspecified atom stereocenters. The number of piperazine rings is 1. The van der Waals surface area contributed by atoms with E-state index in [1.54, 1.807) is 25.2 Å². The molecule has 1 saturated heterocycles. The summed E-state index contributed by atoms with van der Waals surface area (Å²) >= 11 is 0. The lowest BCUT2D eigenvalue weighted by Crippen LogP contribution is -2.48. The summed E-state index contributed by atoms with van der Waals surface area (Å²) in [6.07, 6.45) is 1.21. The highest BCUT2D eigenvalue weighted by atomic mass is 32.2. The number of anilines is 2. The maximum atomic E-state index is 11.9. The highest BCUT2D eigenvalue weighted by molar-refractivity contribution is 7.88. The largest absolute Gasteiger partial charge is 0.399 e. The SMILES string of the molecule is CNC(=O)c1ccc(N)cc1N1CCN(S(C)(=O)=O)CC1. The van der Waals surface area contributed by atoms with Gasteiger partial charge in [0.1, 0.15) is 0 Å². The molecule has 1 aromatic carbocycles. The average molecular weight is 312 g/mol. The van der Waals surface area contributed by atoms with E-state index in [1.165, 1.54) is 10.6 Å². The van der Waals surface area contributed by atoms with Crippen molar-refractivity contribution >= 4 is 27.3 Å². The molecule has 1 heterocycles. The Morgan fingerprint density at radius 2 is 1.86 bits per heavy atom. The molecule has 8 heteroatoms. The van der Waals surface area contributed by atoms with Crippen molar-refractivity contribution < 1.29 is 13.2 Å². The van der Waals surface area contributed by atoms with E-state index in [4.69, 9.17) is 5.73 Å². The normalized spacial score (nSPS) is 16.8. The minimum Gasteiger partial charge on any atom is -0.399 e. The Hall–Kier alpha value is -1.80. The van der Waals surface area contributed by atoms with Crippen LogP contribution in [0.1, 0.15) is 10.4 Å². The van der Waals surface area contributed by atoms with Gasteiger partial charge in [0.15, 0.2) is 0 Å². The first-order valence-corrected chi connectivity index (χ1v) is 8.49. The smallest absolute Gasteiger partial charge is 0.253 e. The topological polar surface area (TPSA) is 95.7 Å². The molecule has 1 aliphatic heterocycles. The zero-order chi connectivity index (χ0) is 15.6. The number of nitrogens with two attached hydrogens (primary N) is 1. The molecule has 21 heavy (non-hydrogen) atoms. The monoisotopic (exact) mass is 312 g/mol. The van der Waals surface area contributed by atoms with Crippen molar-refractivity contribution in [3.05, 3.63) is 23.8 Å². The average Bonchev–Trinajstić information content (AvgIpc) is 2.45. The van der Waals surface area contributed by atoms with Crippen molar-refractivity contribution in [2.24, 2.45) is 0 Å². The summed E-state index contributed by atoms with van der Waals surface area (Å²) < 4.78 is 24.5. The molecule has 0 spiro atoms. The zero-order valence-electron chi connectivity index (χ0n) is 12.2. The number of nitrogens with zero attached hydrogens (tertiary/aromatic N) is 2. The van der Waals surface area contributed by atoms with E-state index in [0.29, 0.717) is 37.4 Å². The number of carbonyl (C=O) groups is 1. The summed E-state index contributed by atoms with van der Waals surface area (Å²) in [5, 5.41) is 2.60. The fourth-order valence-electron chi connectivity index (χ4n) is 2.40. The van der Waals surface area contributed by atoms with Gasteiger partial charge in [-0.05, 0) is 18.2 Å². The number of hydrogen-bond acceptors (Lipinski definition) is 5. The van der Waals surface area contributed by atoms with Crippen LogP contribution in [0.15, 0.2) is 18.2 Å². The second-order valence-electron chi connectivity index (χ2n) is 5.00. The highest BCUT2D eigenvalue weighted by Crippen LogP contribution is 2.25. The molecular weight excluding hydrogens is 292 g/mol. The van der Waals surface area contributed by atoms with E-state index in [0.717, 1.165) is 5.69 Å². The van der Waals surface area contributed by atoms with Crippen molar-refractivity contribution in [1.29, 1.82) is 0 Å². The predicted molar refractivity (Wildman–Crippen MR) is 82.9 cm³/mol. The Labute approximate surface area is 124 Å². The van der Waals surface area contributed by atoms with Gasteiger partial charge in [0, 0.05) is 38.9 Å². The number of benzene rings is 1. The van der Waals surface area contributed by atoms with Gasteiger partial charge in [0.25, 0.3) is 5.91 Å². The molecule has 1 aliphatic rings. The van der Waals surface area contributed by atoms with Crippen molar-refractivity contribution in [1.82, 2.24) is 9.62 Å². The standard InChI is InChI=1S/C13H20N4O3S/c1-15-13(18)11-4-3-10(14)9-12(11)16-5-7-17(8-6-16)21(2,19)20/h3-4,9H,5-8,14H2,1-2H3,(H,15,18). The molecule has 7 nitrogen and oxygen atoms in total. The van der Waals surface area contributed by atoms with Crippen LogP contribution >= 0.6 is 0 Å². The lowest BCUT2D eigenvalue weighted by molar-refractivity contribution is 0.0963. The number of rotatable bonds is 3. The number of amides is 1. The molecule has 0 aromatic heterocycles. The summed E-state index contributed by atoms with van der Waals surface area (Å²) in [6, 6.07) is 5.12. The minimum atomic E-state index is -3.17. The van der Waals surface area contributed by atoms with E-state index in [2.05, 4.69) is 5.32 Å². The molecule has 0 radical (unpaired) electrons. The molecule has 0 saturated carbocycles. The van der Waals surface area contributed by atoms with E-state index in [-0.39, 0.29) is 5.91 Å². The van der Waals surface area contributed by atoms with E-state index in [9.17, 15) is 13.2 Å². The van der Waals surface area contributed by atoms with Crippen molar-refractivity contribution in [2.75, 3.05) is 50.1 Å². The van der Waals surface area contributed by atoms with Gasteiger partial charge < -0.3 is 16.0 Å². The highest BCUT2D eigenvalue weighted by Gasteiger charge is 2.25. The number of hydrogen-bond donors (Lipinski definition) is 2. The van der Waals surface area contributed by atoms with Crippen LogP contribution < -0.4 is 16.0 Å². The number of nitrogens with one attached hydrogen (secondary N) is 1. The first-order chi connectivity index (χ1) is 9.82. The Bertz CT molecular complexity index is 637. The van der Waals surface area contributed by atoms with Gasteiger partial charge in [-0.1, -0.05) is 0 Å². The Kier molecular flexibility index (Phi) is 4.38. The Morgan fingerprint density at radius 1 is 1.24 bits per heavy atom. The van der Waals surface area contributed by atoms with E-state index in [1.807, 2.05) is 4.90 Å². The van der Waals surface area contributed by atoms with Gasteiger partial charge in [0.05, 0.1) is 17.5 Å². The van der Waals surface area contributed by atoms with Gasteiger partial charge in [-0.3, -0.25) is 4.79 Å². The fourth-order valence-corrected chi connectivity index (χ4v) is 3.22. The maximum absolute atomic E-state index is 11.9. The molecule has 0 aliphatic carbocycles. The van der Waals surface area contributed by atoms with Crippen LogP contribution in [0.4, 0.5) is 11.4 Å². The Morgan fingerprint density at radius 3 is 2.38 bits per heavy atom. The van der Waals surface area contributed by atoms with E-state index < -0.39 is 10.0 Å². The van der Waals surface area contributed by atoms with E-state index >= 15 is 0 Å². The molecule has 1 aromatic rings. The first-order valence-electron chi connectivity index (χ1n) is 6.64. The third kappa shape index (κ3) is 3.45. The van der Waals surface area contributed by atoms with Gasteiger partial charge in [0.2, 0.25) is 10.0 Å². The van der Waals surface area contributed by atoms with Crippen LogP contribution in [0.3, 0.4) is 0 Å². The van der Waals surface area contributed by atoms with Crippen molar-refractivity contribution in [2.45, 2.75) is 0 Å². The first kappa shape index (κ1) is 15.6. The molecule has 1 amide bonds. The molecule has 1 fully saturated rings. The number of nitrogen functional groups attached to an aromatic ring is 1. The molecule has 116 valence electrons. The number of carbonyl (C=O) groups excluding carboxylic acids is 1. The van der Waals surface area contributed by atoms with Crippen molar-refractivity contribution in [3.8, 4) is 0 Å². The summed E-state index contributed by atoms with van der Waals surface area (Å²) in [6.45, 7) is 1.86. The third-order valence-corrected chi connectivity index (χ3v) is 4.85. The van der Waals surface area contributed by atoms with Crippen LogP contribution in [0, 0.1) is 0 Å². The summed E-state index contributed by atoms with van der Waals surface area (Å²) in [5.41, 5.74) is 7.66. The van der Waals surface area contributed by atoms with Gasteiger partial charge in [-0.15, -0.1) is 0 Å². The summed E-state index contributed by atoms with van der Waals surface area (Å²) in [5.74, 6) is -0.185. The number of sulfonamides is 1. The van der Waals surface area contributed by atoms with Gasteiger partial charge in [-0.2, -0.15) is 4.31 Å². The van der Waals surface area contributed by atoms with Gasteiger partial charge in [-0.25, -0.2) is 8.42 Å². The molecule has 2 rings (SSSR count). The lowest BCUT2D eigenvalue weighted by atomic mass is 10.1. The second kappa shape index (κ2) is 5.90.